The first kappa shape index (κ1) is 19.2. The van der Waals surface area contributed by atoms with Crippen LogP contribution in [0.25, 0.3) is 0 Å². The van der Waals surface area contributed by atoms with Crippen molar-refractivity contribution < 1.29 is 24.2 Å². The number of nitrogens with one attached hydrogen (secondary N) is 1. The Morgan fingerprint density at radius 2 is 2.11 bits per heavy atom. The molecule has 0 spiro atoms. The Morgan fingerprint density at radius 3 is 2.81 bits per heavy atom. The molecule has 144 valence electrons. The predicted molar refractivity (Wildman–Crippen MR) is 101 cm³/mol. The van der Waals surface area contributed by atoms with Gasteiger partial charge in [0.15, 0.2) is 11.2 Å². The summed E-state index contributed by atoms with van der Waals surface area (Å²) < 4.78 is 10.7. The summed E-state index contributed by atoms with van der Waals surface area (Å²) in [6.45, 7) is 3.82. The molecule has 1 aromatic heterocycles. The van der Waals surface area contributed by atoms with E-state index in [2.05, 4.69) is 10.3 Å². The van der Waals surface area contributed by atoms with Crippen LogP contribution in [0.5, 0.6) is 11.5 Å². The fourth-order valence-corrected chi connectivity index (χ4v) is 3.97. The van der Waals surface area contributed by atoms with Crippen LogP contribution in [0.4, 0.5) is 5.13 Å². The van der Waals surface area contributed by atoms with Crippen molar-refractivity contribution in [1.29, 1.82) is 0 Å². The average Bonchev–Trinajstić information content (AvgIpc) is 3.05. The lowest BCUT2D eigenvalue weighted by molar-refractivity contribution is -0.148. The number of carbonyl (C=O) groups excluding carboxylic acids is 2. The van der Waals surface area contributed by atoms with Gasteiger partial charge in [0.25, 0.3) is 5.91 Å². The zero-order valence-electron chi connectivity index (χ0n) is 15.2. The summed E-state index contributed by atoms with van der Waals surface area (Å²) in [6.07, 6.45) is 1.29. The Balaban J connectivity index is 1.59. The summed E-state index contributed by atoms with van der Waals surface area (Å²) in [6, 6.07) is 6.18. The minimum absolute atomic E-state index is 0.133. The third-order valence-electron chi connectivity index (χ3n) is 4.31. The van der Waals surface area contributed by atoms with Gasteiger partial charge in [-0.15, -0.1) is 11.3 Å². The van der Waals surface area contributed by atoms with Gasteiger partial charge in [-0.1, -0.05) is 0 Å². The average molecular weight is 390 g/mol. The largest absolute Gasteiger partial charge is 0.508 e. The number of nitrogens with zero attached hydrogens (tertiary/aromatic N) is 1. The first-order valence-electron chi connectivity index (χ1n) is 8.88. The van der Waals surface area contributed by atoms with Crippen LogP contribution in [-0.2, 0) is 27.2 Å². The van der Waals surface area contributed by atoms with Crippen LogP contribution in [0.1, 0.15) is 30.8 Å². The number of hydrogen-bond donors (Lipinski definition) is 2. The van der Waals surface area contributed by atoms with Gasteiger partial charge in [-0.2, -0.15) is 0 Å². The molecule has 0 saturated heterocycles. The molecule has 0 aliphatic heterocycles. The fourth-order valence-electron chi connectivity index (χ4n) is 2.88. The SMILES string of the molecule is CCOC(=O)C1CCc2nc(NC(=O)C(C)Oc3ccc(O)cc3)sc2C1. The molecule has 1 aliphatic carbocycles. The summed E-state index contributed by atoms with van der Waals surface area (Å²) in [5.74, 6) is 0.00693. The number of benzene rings is 1. The summed E-state index contributed by atoms with van der Waals surface area (Å²) in [4.78, 5) is 29.8. The van der Waals surface area contributed by atoms with Gasteiger partial charge in [-0.25, -0.2) is 4.98 Å². The van der Waals surface area contributed by atoms with Crippen LogP contribution in [0.15, 0.2) is 24.3 Å². The molecule has 0 saturated carbocycles. The van der Waals surface area contributed by atoms with Crippen molar-refractivity contribution >= 4 is 28.3 Å². The molecule has 3 rings (SSSR count). The number of phenols is 1. The standard InChI is InChI=1S/C19H22N2O5S/c1-3-25-18(24)12-4-9-15-16(10-12)27-19(20-15)21-17(23)11(2)26-14-7-5-13(22)6-8-14/h5-8,11-12,22H,3-4,9-10H2,1-2H3,(H,20,21,23). The zero-order valence-corrected chi connectivity index (χ0v) is 16.0. The van der Waals surface area contributed by atoms with Gasteiger partial charge in [0.2, 0.25) is 0 Å². The Morgan fingerprint density at radius 1 is 1.37 bits per heavy atom. The topological polar surface area (TPSA) is 97.8 Å². The highest BCUT2D eigenvalue weighted by Crippen LogP contribution is 2.33. The molecular weight excluding hydrogens is 368 g/mol. The van der Waals surface area contributed by atoms with E-state index in [-0.39, 0.29) is 23.5 Å². The smallest absolute Gasteiger partial charge is 0.309 e. The maximum absolute atomic E-state index is 12.4. The number of carbonyl (C=O) groups is 2. The van der Waals surface area contributed by atoms with Crippen LogP contribution < -0.4 is 10.1 Å². The lowest BCUT2D eigenvalue weighted by Crippen LogP contribution is -2.30. The third kappa shape index (κ3) is 4.77. The maximum atomic E-state index is 12.4. The number of hydrogen-bond acceptors (Lipinski definition) is 7. The number of rotatable bonds is 6. The zero-order chi connectivity index (χ0) is 19.4. The monoisotopic (exact) mass is 390 g/mol. The lowest BCUT2D eigenvalue weighted by Gasteiger charge is -2.18. The minimum Gasteiger partial charge on any atom is -0.508 e. The highest BCUT2D eigenvalue weighted by Gasteiger charge is 2.29. The molecule has 8 heteroatoms. The van der Waals surface area contributed by atoms with E-state index in [9.17, 15) is 14.7 Å². The third-order valence-corrected chi connectivity index (χ3v) is 5.34. The highest BCUT2D eigenvalue weighted by atomic mass is 32.1. The van der Waals surface area contributed by atoms with Crippen molar-refractivity contribution in [2.24, 2.45) is 5.92 Å². The number of anilines is 1. The molecule has 2 atom stereocenters. The molecule has 0 bridgehead atoms. The number of aryl methyl sites for hydroxylation is 1. The second-order valence-electron chi connectivity index (χ2n) is 6.32. The van der Waals surface area contributed by atoms with Crippen molar-refractivity contribution in [3.8, 4) is 11.5 Å². The van der Waals surface area contributed by atoms with E-state index >= 15 is 0 Å². The van der Waals surface area contributed by atoms with E-state index in [1.807, 2.05) is 0 Å². The van der Waals surface area contributed by atoms with Gasteiger partial charge in [0.1, 0.15) is 11.5 Å². The van der Waals surface area contributed by atoms with E-state index in [0.29, 0.717) is 36.8 Å². The minimum atomic E-state index is -0.720. The summed E-state index contributed by atoms with van der Waals surface area (Å²) in [7, 11) is 0. The van der Waals surface area contributed by atoms with E-state index < -0.39 is 6.10 Å². The molecule has 1 aliphatic rings. The van der Waals surface area contributed by atoms with E-state index in [1.54, 1.807) is 26.0 Å². The van der Waals surface area contributed by atoms with Gasteiger partial charge < -0.3 is 14.6 Å². The number of fused-ring (bicyclic) bond motifs is 1. The molecule has 1 amide bonds. The number of esters is 1. The Kier molecular flexibility index (Phi) is 5.95. The molecular formula is C19H22N2O5S. The number of ether oxygens (including phenoxy) is 2. The quantitative estimate of drug-likeness (QED) is 0.736. The summed E-state index contributed by atoms with van der Waals surface area (Å²) in [5.41, 5.74) is 0.933. The van der Waals surface area contributed by atoms with Crippen molar-refractivity contribution in [3.63, 3.8) is 0 Å². The molecule has 1 aromatic carbocycles. The van der Waals surface area contributed by atoms with Crippen LogP contribution in [0, 0.1) is 5.92 Å². The molecule has 7 nitrogen and oxygen atoms in total. The number of thiazole rings is 1. The number of aromatic nitrogens is 1. The summed E-state index contributed by atoms with van der Waals surface area (Å²) >= 11 is 1.39. The van der Waals surface area contributed by atoms with Crippen molar-refractivity contribution in [2.75, 3.05) is 11.9 Å². The van der Waals surface area contributed by atoms with Crippen LogP contribution in [0.3, 0.4) is 0 Å². The van der Waals surface area contributed by atoms with Crippen LogP contribution in [-0.4, -0.2) is 34.7 Å². The fraction of sp³-hybridized carbons (Fsp3) is 0.421. The highest BCUT2D eigenvalue weighted by molar-refractivity contribution is 7.15. The second-order valence-corrected chi connectivity index (χ2v) is 7.41. The van der Waals surface area contributed by atoms with E-state index in [1.165, 1.54) is 23.5 Å². The van der Waals surface area contributed by atoms with Crippen molar-refractivity contribution in [1.82, 2.24) is 4.98 Å². The Labute approximate surface area is 161 Å². The number of aromatic hydroxyl groups is 1. The van der Waals surface area contributed by atoms with E-state index in [0.717, 1.165) is 10.6 Å². The Hall–Kier alpha value is -2.61. The lowest BCUT2D eigenvalue weighted by atomic mass is 9.91. The molecule has 1 heterocycles. The normalized spacial score (nSPS) is 16.9. The maximum Gasteiger partial charge on any atom is 0.309 e. The first-order chi connectivity index (χ1) is 13.0. The second kappa shape index (κ2) is 8.39. The molecule has 0 fully saturated rings. The Bertz CT molecular complexity index is 818. The first-order valence-corrected chi connectivity index (χ1v) is 9.69. The number of phenolic OH excluding ortho intramolecular Hbond substituents is 1. The van der Waals surface area contributed by atoms with Gasteiger partial charge >= 0.3 is 5.97 Å². The molecule has 2 unspecified atom stereocenters. The number of amides is 1. The molecule has 2 aromatic rings. The van der Waals surface area contributed by atoms with Gasteiger partial charge in [-0.05, 0) is 57.4 Å². The molecule has 2 N–H and O–H groups in total. The predicted octanol–water partition coefficient (Wildman–Crippen LogP) is 2.92. The molecule has 0 radical (unpaired) electrons. The van der Waals surface area contributed by atoms with Gasteiger partial charge in [-0.3, -0.25) is 14.9 Å². The van der Waals surface area contributed by atoms with Crippen LogP contribution in [0.2, 0.25) is 0 Å². The van der Waals surface area contributed by atoms with Crippen molar-refractivity contribution in [2.45, 2.75) is 39.2 Å². The van der Waals surface area contributed by atoms with Crippen LogP contribution >= 0.6 is 11.3 Å². The van der Waals surface area contributed by atoms with E-state index in [4.69, 9.17) is 9.47 Å². The van der Waals surface area contributed by atoms with Gasteiger partial charge in [0.05, 0.1) is 18.2 Å². The molecule has 27 heavy (non-hydrogen) atoms. The summed E-state index contributed by atoms with van der Waals surface area (Å²) in [5, 5.41) is 12.6. The van der Waals surface area contributed by atoms with Crippen molar-refractivity contribution in [3.05, 3.63) is 34.8 Å². The van der Waals surface area contributed by atoms with Gasteiger partial charge in [0, 0.05) is 4.88 Å².